The van der Waals surface area contributed by atoms with Crippen LogP contribution in [0.1, 0.15) is 48.1 Å². The van der Waals surface area contributed by atoms with Gasteiger partial charge in [-0.1, -0.05) is 56.3 Å². The highest BCUT2D eigenvalue weighted by atomic mass is 16.3. The third-order valence-corrected chi connectivity index (χ3v) is 5.23. The molecular weight excluding hydrogens is 358 g/mol. The first kappa shape index (κ1) is 18.9. The maximum Gasteiger partial charge on any atom is 0.147 e. The number of nitrogens with one attached hydrogen (secondary N) is 1. The molecule has 1 atom stereocenters. The Balaban J connectivity index is 1.82. The summed E-state index contributed by atoms with van der Waals surface area (Å²) in [5, 5.41) is 15.5. The van der Waals surface area contributed by atoms with Crippen molar-refractivity contribution >= 4 is 16.7 Å². The van der Waals surface area contributed by atoms with Crippen LogP contribution in [-0.4, -0.2) is 15.1 Å². The van der Waals surface area contributed by atoms with Crippen LogP contribution in [0.15, 0.2) is 73.1 Å². The largest absolute Gasteiger partial charge is 0.505 e. The molecule has 0 aliphatic carbocycles. The molecule has 29 heavy (non-hydrogen) atoms. The molecule has 0 radical (unpaired) electrons. The van der Waals surface area contributed by atoms with Crippen molar-refractivity contribution in [1.82, 2.24) is 9.97 Å². The number of fused-ring (bicyclic) bond motifs is 1. The summed E-state index contributed by atoms with van der Waals surface area (Å²) in [6.07, 6.45) is 3.49. The Morgan fingerprint density at radius 1 is 0.862 bits per heavy atom. The van der Waals surface area contributed by atoms with E-state index in [4.69, 9.17) is 0 Å². The second-order valence-electron chi connectivity index (χ2n) is 7.70. The van der Waals surface area contributed by atoms with E-state index < -0.39 is 0 Å². The molecule has 0 aliphatic heterocycles. The van der Waals surface area contributed by atoms with Crippen LogP contribution >= 0.6 is 0 Å². The molecule has 0 aliphatic rings. The molecule has 2 aromatic carbocycles. The van der Waals surface area contributed by atoms with E-state index in [0.29, 0.717) is 11.4 Å². The number of pyridine rings is 2. The van der Waals surface area contributed by atoms with Gasteiger partial charge in [-0.3, -0.25) is 4.98 Å². The Hall–Kier alpha value is -3.40. The highest BCUT2D eigenvalue weighted by Crippen LogP contribution is 2.36. The van der Waals surface area contributed by atoms with Crippen molar-refractivity contribution in [3.63, 3.8) is 0 Å². The lowest BCUT2D eigenvalue weighted by atomic mass is 9.93. The van der Waals surface area contributed by atoms with Gasteiger partial charge in [-0.15, -0.1) is 0 Å². The lowest BCUT2D eigenvalue weighted by Crippen LogP contribution is -2.14. The van der Waals surface area contributed by atoms with E-state index in [1.54, 1.807) is 12.4 Å². The molecule has 2 N–H and O–H groups in total. The fourth-order valence-electron chi connectivity index (χ4n) is 3.56. The van der Waals surface area contributed by atoms with Gasteiger partial charge < -0.3 is 10.4 Å². The van der Waals surface area contributed by atoms with Crippen LogP contribution in [0.25, 0.3) is 10.9 Å². The smallest absolute Gasteiger partial charge is 0.147 e. The number of aryl methyl sites for hydroxylation is 1. The van der Waals surface area contributed by atoms with Crippen molar-refractivity contribution in [2.45, 2.75) is 32.7 Å². The number of nitrogens with zero attached hydrogens (tertiary/aromatic N) is 2. The van der Waals surface area contributed by atoms with Crippen molar-refractivity contribution in [2.24, 2.45) is 0 Å². The molecule has 0 bridgehead atoms. The molecule has 4 aromatic rings. The van der Waals surface area contributed by atoms with Crippen LogP contribution in [0.4, 0.5) is 5.82 Å². The topological polar surface area (TPSA) is 58.0 Å². The first-order chi connectivity index (χ1) is 14.0. The molecule has 4 rings (SSSR count). The van der Waals surface area contributed by atoms with Gasteiger partial charge in [0.1, 0.15) is 17.1 Å². The summed E-state index contributed by atoms with van der Waals surface area (Å²) < 4.78 is 0. The predicted molar refractivity (Wildman–Crippen MR) is 118 cm³/mol. The summed E-state index contributed by atoms with van der Waals surface area (Å²) in [6.45, 7) is 6.40. The van der Waals surface area contributed by atoms with Gasteiger partial charge >= 0.3 is 0 Å². The molecular formula is C25H25N3O. The van der Waals surface area contributed by atoms with E-state index in [9.17, 15) is 5.11 Å². The Morgan fingerprint density at radius 3 is 2.34 bits per heavy atom. The van der Waals surface area contributed by atoms with Crippen LogP contribution in [0.3, 0.4) is 0 Å². The minimum atomic E-state index is -0.253. The van der Waals surface area contributed by atoms with Crippen molar-refractivity contribution in [2.75, 3.05) is 5.32 Å². The fourth-order valence-corrected chi connectivity index (χ4v) is 3.56. The third kappa shape index (κ3) is 3.92. The second-order valence-corrected chi connectivity index (χ2v) is 7.70. The number of phenols is 1. The van der Waals surface area contributed by atoms with Crippen LogP contribution in [-0.2, 0) is 0 Å². The monoisotopic (exact) mass is 383 g/mol. The molecule has 2 aromatic heterocycles. The molecule has 0 spiro atoms. The van der Waals surface area contributed by atoms with Gasteiger partial charge in [0.05, 0.1) is 6.04 Å². The van der Waals surface area contributed by atoms with E-state index in [-0.39, 0.29) is 11.8 Å². The molecule has 2 heterocycles. The van der Waals surface area contributed by atoms with E-state index in [1.165, 1.54) is 5.56 Å². The van der Waals surface area contributed by atoms with Crippen molar-refractivity contribution in [3.8, 4) is 5.75 Å². The number of phenolic OH excluding ortho intramolecular Hbond substituents is 1. The standard InChI is InChI=1S/C25H25N3O/c1-16(2)18-6-8-20(9-7-18)23(28-22-15-17(3)12-14-26-22)21-11-10-19-5-4-13-27-24(19)25(21)29/h4-16,23,29H,1-3H3,(H,26,28)/t23-/m0/s1. The molecule has 0 unspecified atom stereocenters. The second kappa shape index (κ2) is 7.92. The molecule has 4 heteroatoms. The van der Waals surface area contributed by atoms with E-state index in [0.717, 1.165) is 27.9 Å². The molecule has 0 fully saturated rings. The Morgan fingerprint density at radius 2 is 1.62 bits per heavy atom. The summed E-state index contributed by atoms with van der Waals surface area (Å²) in [7, 11) is 0. The number of anilines is 1. The zero-order valence-corrected chi connectivity index (χ0v) is 16.9. The van der Waals surface area contributed by atoms with Gasteiger partial charge in [0.2, 0.25) is 0 Å². The Kier molecular flexibility index (Phi) is 5.17. The number of aromatic hydroxyl groups is 1. The number of benzene rings is 2. The van der Waals surface area contributed by atoms with Crippen LogP contribution in [0, 0.1) is 6.92 Å². The van der Waals surface area contributed by atoms with Crippen molar-refractivity contribution in [1.29, 1.82) is 0 Å². The Labute approximate surface area is 171 Å². The minimum Gasteiger partial charge on any atom is -0.505 e. The van der Waals surface area contributed by atoms with E-state index >= 15 is 0 Å². The number of rotatable bonds is 5. The number of aromatic nitrogens is 2. The lowest BCUT2D eigenvalue weighted by molar-refractivity contribution is 0.471. The maximum absolute atomic E-state index is 11.0. The van der Waals surface area contributed by atoms with Gasteiger partial charge in [-0.2, -0.15) is 0 Å². The summed E-state index contributed by atoms with van der Waals surface area (Å²) in [5.74, 6) is 1.43. The molecule has 0 saturated carbocycles. The predicted octanol–water partition coefficient (Wildman–Crippen LogP) is 5.97. The number of hydrogen-bond acceptors (Lipinski definition) is 4. The van der Waals surface area contributed by atoms with Gasteiger partial charge in [-0.25, -0.2) is 4.98 Å². The van der Waals surface area contributed by atoms with E-state index in [2.05, 4.69) is 53.4 Å². The van der Waals surface area contributed by atoms with Crippen LogP contribution in [0.5, 0.6) is 5.75 Å². The molecule has 0 saturated heterocycles. The summed E-state index contributed by atoms with van der Waals surface area (Å²) >= 11 is 0. The maximum atomic E-state index is 11.0. The van der Waals surface area contributed by atoms with Gasteiger partial charge in [0.25, 0.3) is 0 Å². The van der Waals surface area contributed by atoms with Crippen molar-refractivity contribution < 1.29 is 5.11 Å². The average Bonchev–Trinajstić information content (AvgIpc) is 2.73. The molecule has 4 nitrogen and oxygen atoms in total. The summed E-state index contributed by atoms with van der Waals surface area (Å²) in [5.41, 5.74) is 4.85. The van der Waals surface area contributed by atoms with E-state index in [1.807, 2.05) is 43.3 Å². The summed E-state index contributed by atoms with van der Waals surface area (Å²) in [4.78, 5) is 8.84. The average molecular weight is 383 g/mol. The zero-order valence-electron chi connectivity index (χ0n) is 16.9. The first-order valence-corrected chi connectivity index (χ1v) is 9.88. The quantitative estimate of drug-likeness (QED) is 0.446. The van der Waals surface area contributed by atoms with Crippen LogP contribution < -0.4 is 5.32 Å². The lowest BCUT2D eigenvalue weighted by Gasteiger charge is -2.22. The summed E-state index contributed by atoms with van der Waals surface area (Å²) in [6, 6.07) is 20.0. The third-order valence-electron chi connectivity index (χ3n) is 5.23. The normalized spacial score (nSPS) is 12.3. The van der Waals surface area contributed by atoms with Crippen LogP contribution in [0.2, 0.25) is 0 Å². The first-order valence-electron chi connectivity index (χ1n) is 9.88. The van der Waals surface area contributed by atoms with Crippen molar-refractivity contribution in [3.05, 3.63) is 95.3 Å². The highest BCUT2D eigenvalue weighted by Gasteiger charge is 2.20. The van der Waals surface area contributed by atoms with Gasteiger partial charge in [0, 0.05) is 23.3 Å². The number of hydrogen-bond donors (Lipinski definition) is 2. The van der Waals surface area contributed by atoms with Gasteiger partial charge in [0.15, 0.2) is 0 Å². The Bertz CT molecular complexity index is 1140. The minimum absolute atomic E-state index is 0.196. The SMILES string of the molecule is Cc1ccnc(N[C@@H](c2ccc(C(C)C)cc2)c2ccc3cccnc3c2O)c1. The van der Waals surface area contributed by atoms with Gasteiger partial charge in [-0.05, 0) is 47.7 Å². The fraction of sp³-hybridized carbons (Fsp3) is 0.200. The zero-order chi connectivity index (χ0) is 20.4. The molecule has 146 valence electrons. The molecule has 0 amide bonds. The highest BCUT2D eigenvalue weighted by molar-refractivity contribution is 5.86.